The summed E-state index contributed by atoms with van der Waals surface area (Å²) in [5, 5.41) is 1.21. The van der Waals surface area contributed by atoms with Crippen LogP contribution in [0.15, 0.2) is 164 Å². The first-order chi connectivity index (χ1) is 24.8. The smallest absolute Gasteiger partial charge is 0.164 e. The minimum absolute atomic E-state index is 0.0129. The van der Waals surface area contributed by atoms with E-state index in [2.05, 4.69) is 108 Å². The van der Waals surface area contributed by atoms with Crippen molar-refractivity contribution in [2.75, 3.05) is 0 Å². The van der Waals surface area contributed by atoms with Crippen molar-refractivity contribution >= 4 is 17.0 Å². The fraction of sp³-hybridized carbons (Fsp3) is 0.0444. The molecule has 0 saturated heterocycles. The molecular weight excluding hydrogens is 613 g/mol. The third-order valence-electron chi connectivity index (χ3n) is 9.80. The normalized spacial score (nSPS) is 15.7. The Morgan fingerprint density at radius 1 is 0.520 bits per heavy atom. The van der Waals surface area contributed by atoms with Crippen LogP contribution in [0.4, 0.5) is 0 Å². The summed E-state index contributed by atoms with van der Waals surface area (Å²) in [5.74, 6) is 2.83. The van der Waals surface area contributed by atoms with Gasteiger partial charge >= 0.3 is 0 Å². The molecule has 6 aromatic carbocycles. The van der Waals surface area contributed by atoms with Crippen molar-refractivity contribution in [2.45, 2.75) is 12.0 Å². The maximum Gasteiger partial charge on any atom is 0.164 e. The van der Waals surface area contributed by atoms with Crippen LogP contribution >= 0.6 is 0 Å². The molecule has 3 heterocycles. The van der Waals surface area contributed by atoms with Gasteiger partial charge in [0, 0.05) is 50.4 Å². The van der Waals surface area contributed by atoms with Gasteiger partial charge in [-0.15, -0.1) is 0 Å². The van der Waals surface area contributed by atoms with Crippen LogP contribution in [0, 0.1) is 0 Å². The van der Waals surface area contributed by atoms with E-state index < -0.39 is 0 Å². The Labute approximate surface area is 289 Å². The molecule has 0 N–H and O–H groups in total. The molecule has 0 radical (unpaired) electrons. The molecular formula is C45H30N4O. The van der Waals surface area contributed by atoms with Crippen LogP contribution in [0.25, 0.3) is 68.0 Å². The average Bonchev–Trinajstić information content (AvgIpc) is 3.74. The maximum atomic E-state index is 7.14. The SMILES string of the molecule is C1=CC2c3cc(-c4nc(-c5ccccc5)nc(-c5ccccc5)n4)cc(-c4ccccc4)c3OC2c2c1n(-c1ccccc1)c1ccccc21. The first-order valence-corrected chi connectivity index (χ1v) is 16.9. The van der Waals surface area contributed by atoms with Crippen molar-refractivity contribution < 1.29 is 4.74 Å². The summed E-state index contributed by atoms with van der Waals surface area (Å²) in [6, 6.07) is 54.4. The second-order valence-electron chi connectivity index (χ2n) is 12.8. The minimum atomic E-state index is -0.185. The Morgan fingerprint density at radius 2 is 1.06 bits per heavy atom. The Kier molecular flexibility index (Phi) is 6.56. The van der Waals surface area contributed by atoms with Gasteiger partial charge in [0.25, 0.3) is 0 Å². The predicted molar refractivity (Wildman–Crippen MR) is 200 cm³/mol. The molecule has 2 aromatic heterocycles. The highest BCUT2D eigenvalue weighted by Crippen LogP contribution is 2.56. The second kappa shape index (κ2) is 11.5. The van der Waals surface area contributed by atoms with Gasteiger partial charge in [0.1, 0.15) is 11.9 Å². The Hall–Kier alpha value is -6.59. The van der Waals surface area contributed by atoms with E-state index in [4.69, 9.17) is 19.7 Å². The minimum Gasteiger partial charge on any atom is -0.484 e. The molecule has 0 bridgehead atoms. The molecule has 5 heteroatoms. The maximum absolute atomic E-state index is 7.14. The quantitative estimate of drug-likeness (QED) is 0.187. The van der Waals surface area contributed by atoms with Crippen LogP contribution in [0.5, 0.6) is 5.75 Å². The highest BCUT2D eigenvalue weighted by Gasteiger charge is 2.41. The fourth-order valence-electron chi connectivity index (χ4n) is 7.53. The number of hydrogen-bond donors (Lipinski definition) is 0. The molecule has 1 aliphatic carbocycles. The molecule has 10 rings (SSSR count). The molecule has 0 fully saturated rings. The zero-order chi connectivity index (χ0) is 33.0. The highest BCUT2D eigenvalue weighted by atomic mass is 16.5. The zero-order valence-electron chi connectivity index (χ0n) is 27.0. The lowest BCUT2D eigenvalue weighted by Crippen LogP contribution is -2.13. The van der Waals surface area contributed by atoms with E-state index in [1.807, 2.05) is 66.7 Å². The summed E-state index contributed by atoms with van der Waals surface area (Å²) in [4.78, 5) is 15.1. The van der Waals surface area contributed by atoms with E-state index in [-0.39, 0.29) is 12.0 Å². The van der Waals surface area contributed by atoms with E-state index >= 15 is 0 Å². The number of hydrogen-bond acceptors (Lipinski definition) is 4. The lowest BCUT2D eigenvalue weighted by atomic mass is 9.84. The molecule has 0 saturated carbocycles. The van der Waals surface area contributed by atoms with Crippen LogP contribution in [-0.4, -0.2) is 19.5 Å². The molecule has 2 atom stereocenters. The number of para-hydroxylation sites is 2. The largest absolute Gasteiger partial charge is 0.484 e. The number of nitrogens with zero attached hydrogens (tertiary/aromatic N) is 4. The Bertz CT molecular complexity index is 2500. The Morgan fingerprint density at radius 3 is 1.70 bits per heavy atom. The topological polar surface area (TPSA) is 52.8 Å². The second-order valence-corrected chi connectivity index (χ2v) is 12.8. The van der Waals surface area contributed by atoms with Crippen molar-refractivity contribution in [3.63, 3.8) is 0 Å². The Balaban J connectivity index is 1.18. The summed E-state index contributed by atoms with van der Waals surface area (Å²) in [7, 11) is 0. The van der Waals surface area contributed by atoms with Crippen LogP contribution < -0.4 is 4.74 Å². The molecule has 50 heavy (non-hydrogen) atoms. The van der Waals surface area contributed by atoms with Gasteiger partial charge in [-0.2, -0.15) is 0 Å². The summed E-state index contributed by atoms with van der Waals surface area (Å²) < 4.78 is 9.49. The van der Waals surface area contributed by atoms with Crippen molar-refractivity contribution in [2.24, 2.45) is 0 Å². The number of benzene rings is 6. The number of fused-ring (bicyclic) bond motifs is 7. The summed E-state index contributed by atoms with van der Waals surface area (Å²) >= 11 is 0. The first kappa shape index (κ1) is 28.4. The summed E-state index contributed by atoms with van der Waals surface area (Å²) in [5.41, 5.74) is 10.7. The van der Waals surface area contributed by atoms with Crippen molar-refractivity contribution in [3.8, 4) is 56.7 Å². The summed E-state index contributed by atoms with van der Waals surface area (Å²) in [6.45, 7) is 0. The van der Waals surface area contributed by atoms with Crippen LogP contribution in [0.3, 0.4) is 0 Å². The van der Waals surface area contributed by atoms with Gasteiger partial charge in [0.2, 0.25) is 0 Å². The van der Waals surface area contributed by atoms with Crippen molar-refractivity contribution in [3.05, 3.63) is 181 Å². The third-order valence-corrected chi connectivity index (χ3v) is 9.80. The molecule has 1 aliphatic heterocycles. The van der Waals surface area contributed by atoms with E-state index in [9.17, 15) is 0 Å². The van der Waals surface area contributed by atoms with E-state index in [1.165, 1.54) is 16.5 Å². The van der Waals surface area contributed by atoms with Gasteiger partial charge in [-0.3, -0.25) is 0 Å². The van der Waals surface area contributed by atoms with E-state index in [0.29, 0.717) is 17.5 Å². The van der Waals surface area contributed by atoms with E-state index in [0.717, 1.165) is 50.5 Å². The van der Waals surface area contributed by atoms with Gasteiger partial charge in [-0.05, 0) is 42.0 Å². The lowest BCUT2D eigenvalue weighted by molar-refractivity contribution is 0.225. The van der Waals surface area contributed by atoms with E-state index in [1.54, 1.807) is 0 Å². The predicted octanol–water partition coefficient (Wildman–Crippen LogP) is 10.7. The number of ether oxygens (including phenoxy) is 1. The standard InChI is InChI=1S/C45H30N4O/c1-5-15-29(16-6-1)36-27-32(45-47-43(30-17-7-2-8-18-30)46-44(48-45)31-19-9-3-10-20-31)28-37-34-25-26-39-40(42(34)50-41(36)37)35-23-13-14-24-38(35)49(39)33-21-11-4-12-22-33/h1-28,34,42H. The first-order valence-electron chi connectivity index (χ1n) is 16.9. The molecule has 0 amide bonds. The third kappa shape index (κ3) is 4.59. The molecule has 0 spiro atoms. The van der Waals surface area contributed by atoms with Gasteiger partial charge < -0.3 is 9.30 Å². The fourth-order valence-corrected chi connectivity index (χ4v) is 7.53. The number of rotatable bonds is 5. The summed E-state index contributed by atoms with van der Waals surface area (Å²) in [6.07, 6.45) is 4.41. The number of aromatic nitrogens is 4. The van der Waals surface area contributed by atoms with Gasteiger partial charge in [0.05, 0.1) is 11.2 Å². The average molecular weight is 643 g/mol. The zero-order valence-corrected chi connectivity index (χ0v) is 27.0. The van der Waals surface area contributed by atoms with Crippen molar-refractivity contribution in [1.29, 1.82) is 0 Å². The molecule has 2 aliphatic rings. The van der Waals surface area contributed by atoms with Crippen LogP contribution in [0.2, 0.25) is 0 Å². The van der Waals surface area contributed by atoms with Crippen LogP contribution in [0.1, 0.15) is 28.8 Å². The monoisotopic (exact) mass is 642 g/mol. The lowest BCUT2D eigenvalue weighted by Gasteiger charge is -2.22. The molecule has 8 aromatic rings. The van der Waals surface area contributed by atoms with Gasteiger partial charge in [0.15, 0.2) is 17.5 Å². The van der Waals surface area contributed by atoms with Gasteiger partial charge in [-0.25, -0.2) is 15.0 Å². The van der Waals surface area contributed by atoms with Crippen molar-refractivity contribution in [1.82, 2.24) is 19.5 Å². The molecule has 2 unspecified atom stereocenters. The van der Waals surface area contributed by atoms with Gasteiger partial charge in [-0.1, -0.05) is 133 Å². The molecule has 236 valence electrons. The van der Waals surface area contributed by atoms with Crippen LogP contribution in [-0.2, 0) is 0 Å². The molecule has 5 nitrogen and oxygen atoms in total. The highest BCUT2D eigenvalue weighted by molar-refractivity contribution is 5.92.